The molecule has 2 aromatic heterocycles. The second-order valence-corrected chi connectivity index (χ2v) is 5.64. The summed E-state index contributed by atoms with van der Waals surface area (Å²) in [6.45, 7) is 1.99. The lowest BCUT2D eigenvalue weighted by Crippen LogP contribution is -2.14. The first-order valence-corrected chi connectivity index (χ1v) is 7.51. The van der Waals surface area contributed by atoms with E-state index in [2.05, 4.69) is 10.3 Å². The van der Waals surface area contributed by atoms with Gasteiger partial charge in [0.25, 0.3) is 0 Å². The molecule has 1 aromatic carbocycles. The Hall–Kier alpha value is -2.53. The fourth-order valence-corrected chi connectivity index (χ4v) is 2.66. The molecule has 0 aliphatic rings. The van der Waals surface area contributed by atoms with E-state index < -0.39 is 0 Å². The van der Waals surface area contributed by atoms with Crippen LogP contribution in [0.15, 0.2) is 42.7 Å². The van der Waals surface area contributed by atoms with Crippen molar-refractivity contribution in [2.75, 3.05) is 12.4 Å². The van der Waals surface area contributed by atoms with Crippen molar-refractivity contribution in [3.8, 4) is 5.75 Å². The van der Waals surface area contributed by atoms with E-state index >= 15 is 0 Å². The van der Waals surface area contributed by atoms with Crippen LogP contribution in [0.25, 0.3) is 5.65 Å². The highest BCUT2D eigenvalue weighted by molar-refractivity contribution is 6.32. The minimum Gasteiger partial charge on any atom is -0.495 e. The lowest BCUT2D eigenvalue weighted by atomic mass is 10.2. The molecule has 3 rings (SSSR count). The van der Waals surface area contributed by atoms with Gasteiger partial charge in [-0.25, -0.2) is 4.98 Å². The molecule has 3 aromatic rings. The Kier molecular flexibility index (Phi) is 4.21. The molecule has 1 N–H and O–H groups in total. The monoisotopic (exact) mass is 329 g/mol. The van der Waals surface area contributed by atoms with Crippen LogP contribution in [-0.2, 0) is 11.2 Å². The first-order valence-electron chi connectivity index (χ1n) is 7.13. The van der Waals surface area contributed by atoms with Gasteiger partial charge in [-0.3, -0.25) is 4.79 Å². The molecule has 0 spiro atoms. The van der Waals surface area contributed by atoms with E-state index in [1.54, 1.807) is 25.3 Å². The number of benzene rings is 1. The van der Waals surface area contributed by atoms with Crippen molar-refractivity contribution in [3.63, 3.8) is 0 Å². The molecular formula is C17H16ClN3O2. The Morgan fingerprint density at radius 3 is 2.91 bits per heavy atom. The second-order valence-electron chi connectivity index (χ2n) is 5.23. The van der Waals surface area contributed by atoms with E-state index in [1.165, 1.54) is 0 Å². The summed E-state index contributed by atoms with van der Waals surface area (Å²) in [5.74, 6) is 0.424. The smallest absolute Gasteiger partial charge is 0.230 e. The van der Waals surface area contributed by atoms with Gasteiger partial charge in [-0.1, -0.05) is 17.7 Å². The van der Waals surface area contributed by atoms with E-state index in [4.69, 9.17) is 16.3 Å². The fourth-order valence-electron chi connectivity index (χ4n) is 2.40. The van der Waals surface area contributed by atoms with Crippen LogP contribution >= 0.6 is 11.6 Å². The summed E-state index contributed by atoms with van der Waals surface area (Å²) in [6.07, 6.45) is 3.98. The van der Waals surface area contributed by atoms with Gasteiger partial charge in [-0.15, -0.1) is 0 Å². The number of hydrogen-bond acceptors (Lipinski definition) is 3. The number of nitrogens with zero attached hydrogens (tertiary/aromatic N) is 2. The average Bonchev–Trinajstić information content (AvgIpc) is 2.91. The normalized spacial score (nSPS) is 10.7. The molecule has 0 unspecified atom stereocenters. The summed E-state index contributed by atoms with van der Waals surface area (Å²) >= 11 is 6.05. The molecule has 6 heteroatoms. The van der Waals surface area contributed by atoms with Crippen molar-refractivity contribution in [1.29, 1.82) is 0 Å². The van der Waals surface area contributed by atoms with Crippen molar-refractivity contribution >= 4 is 28.8 Å². The molecule has 0 saturated heterocycles. The number of carbonyl (C=O) groups excluding carboxylic acids is 1. The van der Waals surface area contributed by atoms with Crippen molar-refractivity contribution in [3.05, 3.63) is 59.0 Å². The summed E-state index contributed by atoms with van der Waals surface area (Å²) in [4.78, 5) is 16.7. The SMILES string of the molecule is COc1ccc(NC(=O)Cc2cn3cccc(C)c3n2)cc1Cl. The largest absolute Gasteiger partial charge is 0.495 e. The predicted octanol–water partition coefficient (Wildman–Crippen LogP) is 3.49. The van der Waals surface area contributed by atoms with Crippen LogP contribution in [0, 0.1) is 6.92 Å². The highest BCUT2D eigenvalue weighted by Gasteiger charge is 2.10. The number of halogens is 1. The van der Waals surface area contributed by atoms with Gasteiger partial charge in [0.1, 0.15) is 11.4 Å². The highest BCUT2D eigenvalue weighted by atomic mass is 35.5. The van der Waals surface area contributed by atoms with Gasteiger partial charge in [0, 0.05) is 18.1 Å². The number of fused-ring (bicyclic) bond motifs is 1. The molecule has 1 amide bonds. The van der Waals surface area contributed by atoms with Crippen molar-refractivity contribution in [2.24, 2.45) is 0 Å². The number of imidazole rings is 1. The molecule has 0 aliphatic carbocycles. The lowest BCUT2D eigenvalue weighted by Gasteiger charge is -2.07. The first kappa shape index (κ1) is 15.4. The molecule has 0 radical (unpaired) electrons. The number of amides is 1. The molecule has 2 heterocycles. The molecule has 0 fully saturated rings. The van der Waals surface area contributed by atoms with Crippen LogP contribution in [0.4, 0.5) is 5.69 Å². The average molecular weight is 330 g/mol. The van der Waals surface area contributed by atoms with Crippen LogP contribution in [0.1, 0.15) is 11.3 Å². The number of ether oxygens (including phenoxy) is 1. The van der Waals surface area contributed by atoms with Crippen LogP contribution < -0.4 is 10.1 Å². The maximum atomic E-state index is 12.2. The number of pyridine rings is 1. The van der Waals surface area contributed by atoms with Gasteiger partial charge in [0.05, 0.1) is 24.2 Å². The van der Waals surface area contributed by atoms with Gasteiger partial charge < -0.3 is 14.5 Å². The zero-order chi connectivity index (χ0) is 16.4. The quantitative estimate of drug-likeness (QED) is 0.797. The van der Waals surface area contributed by atoms with Gasteiger partial charge in [-0.05, 0) is 36.8 Å². The molecule has 0 saturated carbocycles. The number of hydrogen-bond donors (Lipinski definition) is 1. The number of anilines is 1. The van der Waals surface area contributed by atoms with Crippen molar-refractivity contribution in [2.45, 2.75) is 13.3 Å². The summed E-state index contributed by atoms with van der Waals surface area (Å²) < 4.78 is 7.01. The maximum absolute atomic E-state index is 12.2. The number of methoxy groups -OCH3 is 1. The molecule has 0 bridgehead atoms. The van der Waals surface area contributed by atoms with E-state index in [0.29, 0.717) is 16.5 Å². The summed E-state index contributed by atoms with van der Waals surface area (Å²) in [6, 6.07) is 9.06. The van der Waals surface area contributed by atoms with Crippen LogP contribution in [-0.4, -0.2) is 22.4 Å². The van der Waals surface area contributed by atoms with Crippen molar-refractivity contribution in [1.82, 2.24) is 9.38 Å². The number of nitrogens with one attached hydrogen (secondary N) is 1. The minimum atomic E-state index is -0.146. The highest BCUT2D eigenvalue weighted by Crippen LogP contribution is 2.27. The van der Waals surface area contributed by atoms with Gasteiger partial charge >= 0.3 is 0 Å². The third kappa shape index (κ3) is 3.29. The standard InChI is InChI=1S/C17H16ClN3O2/c1-11-4-3-7-21-10-13(20-17(11)21)9-16(22)19-12-5-6-15(23-2)14(18)8-12/h3-8,10H,9H2,1-2H3,(H,19,22). The molecule has 118 valence electrons. The van der Waals surface area contributed by atoms with Crippen molar-refractivity contribution < 1.29 is 9.53 Å². The predicted molar refractivity (Wildman–Crippen MR) is 90.3 cm³/mol. The van der Waals surface area contributed by atoms with E-state index in [-0.39, 0.29) is 12.3 Å². The van der Waals surface area contributed by atoms with Gasteiger partial charge in [0.2, 0.25) is 5.91 Å². The number of aromatic nitrogens is 2. The zero-order valence-corrected chi connectivity index (χ0v) is 13.6. The number of carbonyl (C=O) groups is 1. The molecular weight excluding hydrogens is 314 g/mol. The van der Waals surface area contributed by atoms with Gasteiger partial charge in [0.15, 0.2) is 0 Å². The molecule has 23 heavy (non-hydrogen) atoms. The Morgan fingerprint density at radius 2 is 2.22 bits per heavy atom. The summed E-state index contributed by atoms with van der Waals surface area (Å²) in [7, 11) is 1.55. The Balaban J connectivity index is 1.73. The first-order chi connectivity index (χ1) is 11.1. The lowest BCUT2D eigenvalue weighted by molar-refractivity contribution is -0.115. The van der Waals surface area contributed by atoms with Gasteiger partial charge in [-0.2, -0.15) is 0 Å². The Morgan fingerprint density at radius 1 is 1.39 bits per heavy atom. The molecule has 5 nitrogen and oxygen atoms in total. The minimum absolute atomic E-state index is 0.146. The third-order valence-electron chi connectivity index (χ3n) is 3.51. The summed E-state index contributed by atoms with van der Waals surface area (Å²) in [5, 5.41) is 3.27. The summed E-state index contributed by atoms with van der Waals surface area (Å²) in [5.41, 5.74) is 3.28. The third-order valence-corrected chi connectivity index (χ3v) is 3.80. The van der Waals surface area contributed by atoms with Crippen LogP contribution in [0.3, 0.4) is 0 Å². The van der Waals surface area contributed by atoms with Crippen LogP contribution in [0.2, 0.25) is 5.02 Å². The Bertz CT molecular complexity index is 873. The van der Waals surface area contributed by atoms with Crippen LogP contribution in [0.5, 0.6) is 5.75 Å². The van der Waals surface area contributed by atoms with E-state index in [1.807, 2.05) is 35.9 Å². The number of rotatable bonds is 4. The molecule has 0 atom stereocenters. The maximum Gasteiger partial charge on any atom is 0.230 e. The zero-order valence-electron chi connectivity index (χ0n) is 12.8. The molecule has 0 aliphatic heterocycles. The fraction of sp³-hybridized carbons (Fsp3) is 0.176. The van der Waals surface area contributed by atoms with E-state index in [9.17, 15) is 4.79 Å². The topological polar surface area (TPSA) is 55.6 Å². The van der Waals surface area contributed by atoms with E-state index in [0.717, 1.165) is 16.9 Å². The number of aryl methyl sites for hydroxylation is 1. The Labute approximate surface area is 138 Å². The second kappa shape index (κ2) is 6.30.